The number of alkyl halides is 1. The van der Waals surface area contributed by atoms with Crippen LogP contribution in [0.5, 0.6) is 5.75 Å². The highest BCUT2D eigenvalue weighted by atomic mass is 35.5. The molecule has 110 valence electrons. The average molecular weight is 308 g/mol. The van der Waals surface area contributed by atoms with Crippen molar-refractivity contribution in [2.75, 3.05) is 12.4 Å². The smallest absolute Gasteiger partial charge is 0.257 e. The quantitative estimate of drug-likeness (QED) is 0.674. The van der Waals surface area contributed by atoms with Crippen LogP contribution in [0.4, 0.5) is 13.2 Å². The van der Waals surface area contributed by atoms with Crippen LogP contribution in [-0.2, 0) is 0 Å². The molecular weight excluding hydrogens is 295 g/mol. The molecule has 1 fully saturated rings. The molecule has 1 saturated heterocycles. The first kappa shape index (κ1) is 15.0. The molecule has 0 aliphatic carbocycles. The first-order chi connectivity index (χ1) is 9.38. The first-order valence-corrected chi connectivity index (χ1v) is 6.65. The summed E-state index contributed by atoms with van der Waals surface area (Å²) >= 11 is 5.79. The van der Waals surface area contributed by atoms with E-state index in [-0.39, 0.29) is 17.8 Å². The zero-order valence-corrected chi connectivity index (χ0v) is 11.4. The molecule has 1 aliphatic heterocycles. The van der Waals surface area contributed by atoms with Crippen molar-refractivity contribution >= 4 is 17.5 Å². The number of carbonyl (C=O) groups excluding carboxylic acids is 1. The van der Waals surface area contributed by atoms with Crippen LogP contribution in [0.3, 0.4) is 0 Å². The van der Waals surface area contributed by atoms with Gasteiger partial charge in [0, 0.05) is 18.5 Å². The van der Waals surface area contributed by atoms with Gasteiger partial charge in [-0.25, -0.2) is 8.78 Å². The number of hydrogen-bond acceptors (Lipinski definition) is 2. The minimum atomic E-state index is -1.71. The van der Waals surface area contributed by atoms with E-state index in [9.17, 15) is 18.0 Å². The predicted octanol–water partition coefficient (Wildman–Crippen LogP) is 2.90. The molecule has 3 nitrogen and oxygen atoms in total. The molecule has 1 heterocycles. The summed E-state index contributed by atoms with van der Waals surface area (Å²) < 4.78 is 40.0. The Hall–Kier alpha value is -1.43. The molecule has 0 radical (unpaired) electrons. The van der Waals surface area contributed by atoms with Crippen molar-refractivity contribution in [3.63, 3.8) is 0 Å². The van der Waals surface area contributed by atoms with Crippen molar-refractivity contribution in [1.82, 2.24) is 4.90 Å². The van der Waals surface area contributed by atoms with Crippen LogP contribution in [0.25, 0.3) is 0 Å². The standard InChI is InChI=1S/C13H13ClF3NO2/c1-6-2-3-18(9(6)5-14)13(20)7-4-8(15)11(17)12(19)10(7)16/h4,6,9,19H,2-3,5H2,1H3. The minimum Gasteiger partial charge on any atom is -0.503 e. The van der Waals surface area contributed by atoms with E-state index >= 15 is 0 Å². The van der Waals surface area contributed by atoms with Crippen molar-refractivity contribution in [2.45, 2.75) is 19.4 Å². The second-order valence-electron chi connectivity index (χ2n) is 4.87. The lowest BCUT2D eigenvalue weighted by Crippen LogP contribution is -2.39. The molecule has 1 amide bonds. The molecule has 1 aromatic rings. The number of amides is 1. The van der Waals surface area contributed by atoms with Crippen molar-refractivity contribution in [3.8, 4) is 5.75 Å². The van der Waals surface area contributed by atoms with E-state index in [1.165, 1.54) is 4.90 Å². The Balaban J connectivity index is 2.40. The summed E-state index contributed by atoms with van der Waals surface area (Å²) in [5.41, 5.74) is -0.689. The van der Waals surface area contributed by atoms with E-state index in [0.29, 0.717) is 19.0 Å². The third kappa shape index (κ3) is 2.32. The van der Waals surface area contributed by atoms with Gasteiger partial charge in [-0.1, -0.05) is 6.92 Å². The Kier molecular flexibility index (Phi) is 4.13. The number of phenolic OH excluding ortho intramolecular Hbond substituents is 1. The second kappa shape index (κ2) is 5.52. The molecular formula is C13H13ClF3NO2. The SMILES string of the molecule is CC1CCN(C(=O)c2cc(F)c(F)c(O)c2F)C1CCl. The monoisotopic (exact) mass is 307 g/mol. The van der Waals surface area contributed by atoms with Crippen LogP contribution in [0.1, 0.15) is 23.7 Å². The molecule has 0 saturated carbocycles. The van der Waals surface area contributed by atoms with Crippen LogP contribution < -0.4 is 0 Å². The van der Waals surface area contributed by atoms with E-state index in [2.05, 4.69) is 0 Å². The van der Waals surface area contributed by atoms with Gasteiger partial charge in [0.2, 0.25) is 5.82 Å². The molecule has 1 N–H and O–H groups in total. The third-order valence-electron chi connectivity index (χ3n) is 3.66. The highest BCUT2D eigenvalue weighted by Gasteiger charge is 2.36. The molecule has 2 unspecified atom stereocenters. The highest BCUT2D eigenvalue weighted by Crippen LogP contribution is 2.30. The molecule has 0 aromatic heterocycles. The number of benzene rings is 1. The lowest BCUT2D eigenvalue weighted by molar-refractivity contribution is 0.0730. The second-order valence-corrected chi connectivity index (χ2v) is 5.18. The zero-order valence-electron chi connectivity index (χ0n) is 10.7. The van der Waals surface area contributed by atoms with Crippen LogP contribution in [0.15, 0.2) is 6.07 Å². The van der Waals surface area contributed by atoms with Crippen molar-refractivity contribution in [3.05, 3.63) is 29.1 Å². The summed E-state index contributed by atoms with van der Waals surface area (Å²) in [6, 6.07) is 0.167. The third-order valence-corrected chi connectivity index (χ3v) is 3.98. The van der Waals surface area contributed by atoms with Crippen molar-refractivity contribution in [1.29, 1.82) is 0 Å². The highest BCUT2D eigenvalue weighted by molar-refractivity contribution is 6.18. The fourth-order valence-electron chi connectivity index (χ4n) is 2.40. The summed E-state index contributed by atoms with van der Waals surface area (Å²) in [4.78, 5) is 13.6. The Morgan fingerprint density at radius 2 is 2.10 bits per heavy atom. The van der Waals surface area contributed by atoms with Gasteiger partial charge in [-0.2, -0.15) is 4.39 Å². The predicted molar refractivity (Wildman–Crippen MR) is 67.3 cm³/mol. The number of nitrogens with zero attached hydrogens (tertiary/aromatic N) is 1. The Morgan fingerprint density at radius 1 is 1.45 bits per heavy atom. The van der Waals surface area contributed by atoms with Crippen LogP contribution in [0, 0.1) is 23.4 Å². The molecule has 20 heavy (non-hydrogen) atoms. The number of rotatable bonds is 2. The minimum absolute atomic E-state index is 0.137. The van der Waals surface area contributed by atoms with Gasteiger partial charge in [0.1, 0.15) is 0 Å². The Bertz CT molecular complexity index is 553. The average Bonchev–Trinajstić information content (AvgIpc) is 2.80. The maximum absolute atomic E-state index is 13.7. The van der Waals surface area contributed by atoms with E-state index in [0.717, 1.165) is 0 Å². The first-order valence-electron chi connectivity index (χ1n) is 6.11. The van der Waals surface area contributed by atoms with E-state index in [4.69, 9.17) is 16.7 Å². The van der Waals surface area contributed by atoms with Crippen molar-refractivity contribution in [2.24, 2.45) is 5.92 Å². The Morgan fingerprint density at radius 3 is 2.70 bits per heavy atom. The van der Waals surface area contributed by atoms with Gasteiger partial charge in [-0.3, -0.25) is 4.79 Å². The van der Waals surface area contributed by atoms with Gasteiger partial charge >= 0.3 is 0 Å². The topological polar surface area (TPSA) is 40.5 Å². The summed E-state index contributed by atoms with van der Waals surface area (Å²) in [5, 5.41) is 9.15. The lowest BCUT2D eigenvalue weighted by Gasteiger charge is -2.25. The van der Waals surface area contributed by atoms with E-state index in [1.54, 1.807) is 0 Å². The number of phenols is 1. The summed E-state index contributed by atoms with van der Waals surface area (Å²) in [6.45, 7) is 2.26. The summed E-state index contributed by atoms with van der Waals surface area (Å²) in [5.74, 6) is -6.61. The maximum atomic E-state index is 13.7. The van der Waals surface area contributed by atoms with Crippen LogP contribution >= 0.6 is 11.6 Å². The summed E-state index contributed by atoms with van der Waals surface area (Å²) in [6.07, 6.45) is 0.695. The summed E-state index contributed by atoms with van der Waals surface area (Å²) in [7, 11) is 0. The lowest BCUT2D eigenvalue weighted by atomic mass is 10.0. The number of likely N-dealkylation sites (tertiary alicyclic amines) is 1. The number of halogens is 4. The van der Waals surface area contributed by atoms with Gasteiger partial charge in [-0.05, 0) is 18.4 Å². The van der Waals surface area contributed by atoms with Gasteiger partial charge in [0.25, 0.3) is 5.91 Å². The largest absolute Gasteiger partial charge is 0.503 e. The van der Waals surface area contributed by atoms with Gasteiger partial charge < -0.3 is 10.0 Å². The molecule has 0 spiro atoms. The van der Waals surface area contributed by atoms with E-state index < -0.39 is 34.7 Å². The molecule has 1 aromatic carbocycles. The van der Waals surface area contributed by atoms with Crippen molar-refractivity contribution < 1.29 is 23.1 Å². The number of aromatic hydroxyl groups is 1. The molecule has 0 bridgehead atoms. The van der Waals surface area contributed by atoms with Gasteiger partial charge in [0.05, 0.1) is 5.56 Å². The fraction of sp³-hybridized carbons (Fsp3) is 0.462. The van der Waals surface area contributed by atoms with Crippen LogP contribution in [-0.4, -0.2) is 34.4 Å². The molecule has 7 heteroatoms. The maximum Gasteiger partial charge on any atom is 0.257 e. The van der Waals surface area contributed by atoms with Gasteiger partial charge in [-0.15, -0.1) is 11.6 Å². The number of hydrogen-bond donors (Lipinski definition) is 1. The normalized spacial score (nSPS) is 22.4. The molecule has 2 atom stereocenters. The van der Waals surface area contributed by atoms with Gasteiger partial charge in [0.15, 0.2) is 17.4 Å². The number of carbonyl (C=O) groups is 1. The molecule has 2 rings (SSSR count). The van der Waals surface area contributed by atoms with Crippen LogP contribution in [0.2, 0.25) is 0 Å². The zero-order chi connectivity index (χ0) is 15.0. The molecule has 1 aliphatic rings. The van der Waals surface area contributed by atoms with E-state index in [1.807, 2.05) is 6.92 Å². The Labute approximate surface area is 118 Å². The fourth-order valence-corrected chi connectivity index (χ4v) is 2.87.